The number of furan rings is 1. The molecule has 0 bridgehead atoms. The van der Waals surface area contributed by atoms with Gasteiger partial charge in [0.25, 0.3) is 5.91 Å². The predicted molar refractivity (Wildman–Crippen MR) is 134 cm³/mol. The first-order valence-corrected chi connectivity index (χ1v) is 12.2. The van der Waals surface area contributed by atoms with Gasteiger partial charge in [-0.15, -0.1) is 0 Å². The average molecular weight is 476 g/mol. The monoisotopic (exact) mass is 475 g/mol. The van der Waals surface area contributed by atoms with Crippen LogP contribution in [0.25, 0.3) is 11.5 Å². The summed E-state index contributed by atoms with van der Waals surface area (Å²) in [5.74, 6) is 0.851. The number of carbonyl (C=O) groups excluding carboxylic acids is 2. The molecule has 2 N–H and O–H groups in total. The van der Waals surface area contributed by atoms with E-state index < -0.39 is 11.9 Å². The van der Waals surface area contributed by atoms with E-state index in [-0.39, 0.29) is 17.6 Å². The summed E-state index contributed by atoms with van der Waals surface area (Å²) >= 11 is 0. The van der Waals surface area contributed by atoms with Crippen molar-refractivity contribution in [1.29, 1.82) is 0 Å². The number of benzene rings is 1. The van der Waals surface area contributed by atoms with E-state index in [1.807, 2.05) is 6.07 Å². The highest BCUT2D eigenvalue weighted by Crippen LogP contribution is 2.27. The van der Waals surface area contributed by atoms with Crippen molar-refractivity contribution >= 4 is 11.8 Å². The number of carbonyl (C=O) groups is 2. The zero-order valence-electron chi connectivity index (χ0n) is 20.6. The Hall–Kier alpha value is -3.61. The second-order valence-electron chi connectivity index (χ2n) is 9.29. The van der Waals surface area contributed by atoms with Crippen molar-refractivity contribution in [3.63, 3.8) is 0 Å². The number of nitrogens with zero attached hydrogens (tertiary/aromatic N) is 1. The SMILES string of the molecule is CNC(=O)[C@@H](NC(=O)c1ccc(-c2ccc(OCc3cc(C)cc(C)c3)cn2)o1)C1CCCCC1. The lowest BCUT2D eigenvalue weighted by molar-refractivity contribution is -0.124. The molecule has 4 rings (SSSR count). The Morgan fingerprint density at radius 2 is 1.80 bits per heavy atom. The molecule has 0 spiro atoms. The van der Waals surface area contributed by atoms with Gasteiger partial charge < -0.3 is 19.8 Å². The first-order valence-electron chi connectivity index (χ1n) is 12.2. The Kier molecular flexibility index (Phi) is 7.85. The van der Waals surface area contributed by atoms with E-state index >= 15 is 0 Å². The number of amides is 2. The van der Waals surface area contributed by atoms with E-state index in [0.717, 1.165) is 31.2 Å². The number of hydrogen-bond donors (Lipinski definition) is 2. The van der Waals surface area contributed by atoms with Crippen molar-refractivity contribution in [3.8, 4) is 17.2 Å². The number of rotatable bonds is 8. The molecule has 2 aromatic heterocycles. The number of likely N-dealkylation sites (N-methyl/N-ethyl adjacent to an activating group) is 1. The molecule has 184 valence electrons. The maximum Gasteiger partial charge on any atom is 0.287 e. The van der Waals surface area contributed by atoms with E-state index in [2.05, 4.69) is 47.7 Å². The maximum absolute atomic E-state index is 12.9. The molecule has 0 aliphatic heterocycles. The fourth-order valence-corrected chi connectivity index (χ4v) is 4.76. The topological polar surface area (TPSA) is 93.5 Å². The molecule has 0 unspecified atom stereocenters. The second-order valence-corrected chi connectivity index (χ2v) is 9.29. The summed E-state index contributed by atoms with van der Waals surface area (Å²) in [7, 11) is 1.59. The van der Waals surface area contributed by atoms with Crippen LogP contribution in [0.3, 0.4) is 0 Å². The molecule has 1 aromatic carbocycles. The molecule has 7 heteroatoms. The number of aromatic nitrogens is 1. The molecule has 3 aromatic rings. The first kappa shape index (κ1) is 24.5. The molecule has 0 radical (unpaired) electrons. The number of pyridine rings is 1. The lowest BCUT2D eigenvalue weighted by atomic mass is 9.83. The highest BCUT2D eigenvalue weighted by molar-refractivity contribution is 5.96. The highest BCUT2D eigenvalue weighted by atomic mass is 16.5. The third kappa shape index (κ3) is 6.29. The quantitative estimate of drug-likeness (QED) is 0.480. The summed E-state index contributed by atoms with van der Waals surface area (Å²) in [5, 5.41) is 5.56. The molecule has 7 nitrogen and oxygen atoms in total. The van der Waals surface area contributed by atoms with Gasteiger partial charge in [-0.1, -0.05) is 48.6 Å². The van der Waals surface area contributed by atoms with Crippen molar-refractivity contribution in [3.05, 3.63) is 71.1 Å². The molecular formula is C28H33N3O4. The van der Waals surface area contributed by atoms with Crippen molar-refractivity contribution in [2.75, 3.05) is 7.05 Å². The summed E-state index contributed by atoms with van der Waals surface area (Å²) in [6.45, 7) is 4.60. The number of hydrogen-bond acceptors (Lipinski definition) is 5. The minimum atomic E-state index is -0.562. The summed E-state index contributed by atoms with van der Waals surface area (Å²) < 4.78 is 11.7. The second kappa shape index (κ2) is 11.2. The lowest BCUT2D eigenvalue weighted by Crippen LogP contribution is -2.50. The van der Waals surface area contributed by atoms with Gasteiger partial charge in [-0.05, 0) is 62.4 Å². The van der Waals surface area contributed by atoms with Crippen LogP contribution in [0.4, 0.5) is 0 Å². The van der Waals surface area contributed by atoms with E-state index in [4.69, 9.17) is 9.15 Å². The molecule has 1 fully saturated rings. The largest absolute Gasteiger partial charge is 0.487 e. The summed E-state index contributed by atoms with van der Waals surface area (Å²) in [4.78, 5) is 29.7. The van der Waals surface area contributed by atoms with E-state index in [9.17, 15) is 9.59 Å². The smallest absolute Gasteiger partial charge is 0.287 e. The van der Waals surface area contributed by atoms with Crippen LogP contribution in [-0.2, 0) is 11.4 Å². The van der Waals surface area contributed by atoms with E-state index in [1.165, 1.54) is 17.5 Å². The lowest BCUT2D eigenvalue weighted by Gasteiger charge is -2.29. The molecule has 1 aliphatic rings. The van der Waals surface area contributed by atoms with Crippen LogP contribution in [-0.4, -0.2) is 29.9 Å². The predicted octanol–water partition coefficient (Wildman–Crippen LogP) is 4.96. The van der Waals surface area contributed by atoms with Crippen molar-refractivity contribution in [1.82, 2.24) is 15.6 Å². The molecule has 35 heavy (non-hydrogen) atoms. The van der Waals surface area contributed by atoms with Crippen LogP contribution in [0.1, 0.15) is 59.3 Å². The minimum Gasteiger partial charge on any atom is -0.487 e. The fourth-order valence-electron chi connectivity index (χ4n) is 4.76. The van der Waals surface area contributed by atoms with Gasteiger partial charge in [-0.3, -0.25) is 9.59 Å². The number of aryl methyl sites for hydroxylation is 2. The van der Waals surface area contributed by atoms with Gasteiger partial charge in [0, 0.05) is 7.05 Å². The maximum atomic E-state index is 12.9. The van der Waals surface area contributed by atoms with Crippen molar-refractivity contribution in [2.24, 2.45) is 5.92 Å². The van der Waals surface area contributed by atoms with Crippen LogP contribution >= 0.6 is 0 Å². The van der Waals surface area contributed by atoms with Crippen LogP contribution in [0.2, 0.25) is 0 Å². The molecule has 1 saturated carbocycles. The molecule has 2 amide bonds. The summed E-state index contributed by atoms with van der Waals surface area (Å²) in [6, 6.07) is 12.7. The first-order chi connectivity index (χ1) is 16.9. The van der Waals surface area contributed by atoms with Crippen LogP contribution in [0.5, 0.6) is 5.75 Å². The van der Waals surface area contributed by atoms with E-state index in [1.54, 1.807) is 31.4 Å². The van der Waals surface area contributed by atoms with Gasteiger partial charge in [0.2, 0.25) is 5.91 Å². The summed E-state index contributed by atoms with van der Waals surface area (Å²) in [5.41, 5.74) is 4.11. The van der Waals surface area contributed by atoms with Gasteiger partial charge in [0.05, 0.1) is 6.20 Å². The molecule has 2 heterocycles. The van der Waals surface area contributed by atoms with Gasteiger partial charge in [0.1, 0.15) is 24.1 Å². The molecule has 1 aliphatic carbocycles. The molecular weight excluding hydrogens is 442 g/mol. The van der Waals surface area contributed by atoms with Crippen molar-refractivity contribution in [2.45, 2.75) is 58.6 Å². The Balaban J connectivity index is 1.39. The number of ether oxygens (including phenoxy) is 1. The summed E-state index contributed by atoms with van der Waals surface area (Å²) in [6.07, 6.45) is 6.84. The number of nitrogens with one attached hydrogen (secondary N) is 2. The third-order valence-corrected chi connectivity index (χ3v) is 6.44. The van der Waals surface area contributed by atoms with Gasteiger partial charge in [-0.25, -0.2) is 4.98 Å². The Bertz CT molecular complexity index is 1140. The standard InChI is InChI=1S/C28H33N3O4/c1-18-13-19(2)15-20(14-18)17-34-22-9-10-23(30-16-22)24-11-12-25(35-24)27(32)31-26(28(33)29-3)21-7-5-4-6-8-21/h9-16,21,26H,4-8,17H2,1-3H3,(H,29,33)(H,31,32)/t26-/m0/s1. The van der Waals surface area contributed by atoms with Crippen molar-refractivity contribution < 1.29 is 18.7 Å². The average Bonchev–Trinajstić information content (AvgIpc) is 3.36. The Morgan fingerprint density at radius 3 is 2.46 bits per heavy atom. The van der Waals surface area contributed by atoms with Crippen LogP contribution < -0.4 is 15.4 Å². The Labute approximate surface area is 206 Å². The highest BCUT2D eigenvalue weighted by Gasteiger charge is 2.31. The molecule has 0 saturated heterocycles. The fraction of sp³-hybridized carbons (Fsp3) is 0.393. The van der Waals surface area contributed by atoms with Gasteiger partial charge in [0.15, 0.2) is 11.5 Å². The van der Waals surface area contributed by atoms with Crippen LogP contribution in [0, 0.1) is 19.8 Å². The third-order valence-electron chi connectivity index (χ3n) is 6.44. The van der Waals surface area contributed by atoms with Gasteiger partial charge in [-0.2, -0.15) is 0 Å². The van der Waals surface area contributed by atoms with Crippen LogP contribution in [0.15, 0.2) is 53.1 Å². The normalized spacial score (nSPS) is 14.8. The Morgan fingerprint density at radius 1 is 1.06 bits per heavy atom. The minimum absolute atomic E-state index is 0.139. The molecule has 1 atom stereocenters. The van der Waals surface area contributed by atoms with E-state index in [0.29, 0.717) is 23.8 Å². The zero-order chi connectivity index (χ0) is 24.8. The zero-order valence-corrected chi connectivity index (χ0v) is 20.6. The van der Waals surface area contributed by atoms with Gasteiger partial charge >= 0.3 is 0 Å².